The Kier molecular flexibility index (Phi) is 4.66. The Morgan fingerprint density at radius 3 is 2.29 bits per heavy atom. The maximum Gasteiger partial charge on any atom is 0.313 e. The Balaban J connectivity index is 1.68. The number of hydrogen-bond donors (Lipinski definition) is 0. The van der Waals surface area contributed by atoms with Gasteiger partial charge in [0.15, 0.2) is 0 Å². The van der Waals surface area contributed by atoms with E-state index in [-0.39, 0.29) is 18.2 Å². The molecule has 0 radical (unpaired) electrons. The molecule has 1 atom stereocenters. The molecule has 0 N–H and O–H groups in total. The van der Waals surface area contributed by atoms with E-state index in [1.807, 2.05) is 0 Å². The highest BCUT2D eigenvalue weighted by molar-refractivity contribution is 5.98. The number of hydrogen-bond acceptors (Lipinski definition) is 3. The van der Waals surface area contributed by atoms with Crippen molar-refractivity contribution in [2.24, 2.45) is 11.8 Å². The first-order valence-corrected chi connectivity index (χ1v) is 8.91. The SMILES string of the molecule is O=C1CC(=O)OC(CCC2CCCCC2)(C2CCCC2)C1. The number of Topliss-reactive ketones (excluding diaryl/α,β-unsaturated/α-hetero) is 1. The van der Waals surface area contributed by atoms with E-state index >= 15 is 0 Å². The molecule has 1 saturated heterocycles. The Labute approximate surface area is 127 Å². The zero-order chi connectivity index (χ0) is 14.7. The van der Waals surface area contributed by atoms with Gasteiger partial charge in [0, 0.05) is 6.42 Å². The third kappa shape index (κ3) is 3.49. The Morgan fingerprint density at radius 2 is 1.62 bits per heavy atom. The van der Waals surface area contributed by atoms with Crippen molar-refractivity contribution < 1.29 is 14.3 Å². The molecule has 3 rings (SSSR count). The largest absolute Gasteiger partial charge is 0.458 e. The first-order chi connectivity index (χ1) is 10.2. The number of cyclic esters (lactones) is 1. The van der Waals surface area contributed by atoms with Crippen molar-refractivity contribution in [1.29, 1.82) is 0 Å². The number of carbonyl (C=O) groups excluding carboxylic acids is 2. The van der Waals surface area contributed by atoms with Crippen LogP contribution in [0.5, 0.6) is 0 Å². The third-order valence-electron chi connectivity index (χ3n) is 5.95. The summed E-state index contributed by atoms with van der Waals surface area (Å²) in [6.45, 7) is 0. The Hall–Kier alpha value is -0.860. The van der Waals surface area contributed by atoms with Crippen LogP contribution < -0.4 is 0 Å². The Bertz CT molecular complexity index is 373. The molecule has 3 fully saturated rings. The van der Waals surface area contributed by atoms with Gasteiger partial charge in [0.2, 0.25) is 0 Å². The summed E-state index contributed by atoms with van der Waals surface area (Å²) in [7, 11) is 0. The fourth-order valence-corrected chi connectivity index (χ4v) is 4.80. The van der Waals surface area contributed by atoms with Crippen molar-refractivity contribution in [3.05, 3.63) is 0 Å². The molecule has 1 unspecified atom stereocenters. The van der Waals surface area contributed by atoms with Crippen molar-refractivity contribution in [1.82, 2.24) is 0 Å². The number of rotatable bonds is 4. The second kappa shape index (κ2) is 6.50. The summed E-state index contributed by atoms with van der Waals surface area (Å²) >= 11 is 0. The van der Waals surface area contributed by atoms with Crippen LogP contribution in [0, 0.1) is 11.8 Å². The average molecular weight is 292 g/mol. The van der Waals surface area contributed by atoms with Crippen molar-refractivity contribution in [2.45, 2.75) is 89.1 Å². The van der Waals surface area contributed by atoms with Gasteiger partial charge in [-0.15, -0.1) is 0 Å². The fraction of sp³-hybridized carbons (Fsp3) is 0.889. The minimum Gasteiger partial charge on any atom is -0.458 e. The molecule has 21 heavy (non-hydrogen) atoms. The van der Waals surface area contributed by atoms with Gasteiger partial charge in [-0.25, -0.2) is 0 Å². The summed E-state index contributed by atoms with van der Waals surface area (Å²) in [5.41, 5.74) is -0.444. The molecule has 0 aromatic heterocycles. The van der Waals surface area contributed by atoms with E-state index in [0.29, 0.717) is 12.3 Å². The van der Waals surface area contributed by atoms with Crippen molar-refractivity contribution in [3.8, 4) is 0 Å². The maximum absolute atomic E-state index is 12.0. The molecule has 2 aliphatic carbocycles. The van der Waals surface area contributed by atoms with Gasteiger partial charge >= 0.3 is 5.97 Å². The Morgan fingerprint density at radius 1 is 0.952 bits per heavy atom. The second-order valence-corrected chi connectivity index (χ2v) is 7.46. The predicted molar refractivity (Wildman–Crippen MR) is 80.8 cm³/mol. The molecular formula is C18H28O3. The molecule has 0 aromatic carbocycles. The van der Waals surface area contributed by atoms with Crippen LogP contribution >= 0.6 is 0 Å². The second-order valence-electron chi connectivity index (χ2n) is 7.46. The summed E-state index contributed by atoms with van der Waals surface area (Å²) in [4.78, 5) is 23.8. The normalized spacial score (nSPS) is 32.4. The van der Waals surface area contributed by atoms with Gasteiger partial charge in [-0.1, -0.05) is 44.9 Å². The molecule has 0 amide bonds. The van der Waals surface area contributed by atoms with Gasteiger partial charge in [0.05, 0.1) is 0 Å². The van der Waals surface area contributed by atoms with Crippen LogP contribution in [0.3, 0.4) is 0 Å². The van der Waals surface area contributed by atoms with Crippen LogP contribution in [0.1, 0.15) is 83.5 Å². The van der Waals surface area contributed by atoms with Gasteiger partial charge in [0.25, 0.3) is 0 Å². The lowest BCUT2D eigenvalue weighted by Crippen LogP contribution is -2.48. The first kappa shape index (κ1) is 15.1. The number of carbonyl (C=O) groups is 2. The van der Waals surface area contributed by atoms with E-state index in [1.165, 1.54) is 44.9 Å². The summed E-state index contributed by atoms with van der Waals surface area (Å²) < 4.78 is 5.86. The van der Waals surface area contributed by atoms with Crippen LogP contribution in [0.4, 0.5) is 0 Å². The minimum atomic E-state index is -0.444. The van der Waals surface area contributed by atoms with Gasteiger partial charge in [-0.3, -0.25) is 9.59 Å². The zero-order valence-corrected chi connectivity index (χ0v) is 13.1. The lowest BCUT2D eigenvalue weighted by molar-refractivity contribution is -0.179. The molecule has 1 aliphatic heterocycles. The summed E-state index contributed by atoms with van der Waals surface area (Å²) in [6.07, 6.45) is 14.0. The summed E-state index contributed by atoms with van der Waals surface area (Å²) in [5.74, 6) is 1.03. The molecule has 118 valence electrons. The van der Waals surface area contributed by atoms with E-state index in [0.717, 1.165) is 31.6 Å². The lowest BCUT2D eigenvalue weighted by Gasteiger charge is -2.42. The lowest BCUT2D eigenvalue weighted by atomic mass is 9.74. The van der Waals surface area contributed by atoms with Gasteiger partial charge in [0.1, 0.15) is 17.8 Å². The van der Waals surface area contributed by atoms with Gasteiger partial charge in [-0.05, 0) is 37.5 Å². The van der Waals surface area contributed by atoms with E-state index < -0.39 is 5.60 Å². The molecular weight excluding hydrogens is 264 g/mol. The maximum atomic E-state index is 12.0. The highest BCUT2D eigenvalue weighted by Crippen LogP contribution is 2.45. The molecule has 0 bridgehead atoms. The monoisotopic (exact) mass is 292 g/mol. The quantitative estimate of drug-likeness (QED) is 0.576. The topological polar surface area (TPSA) is 43.4 Å². The number of ether oxygens (including phenoxy) is 1. The van der Waals surface area contributed by atoms with Crippen LogP contribution in [0.2, 0.25) is 0 Å². The standard InChI is InChI=1S/C18H28O3/c19-16-12-17(20)21-18(13-16,15-8-4-5-9-15)11-10-14-6-2-1-3-7-14/h14-15H,1-13H2. The molecule has 3 heteroatoms. The predicted octanol–water partition coefficient (Wildman–Crippen LogP) is 4.18. The van der Waals surface area contributed by atoms with E-state index in [1.54, 1.807) is 0 Å². The van der Waals surface area contributed by atoms with E-state index in [9.17, 15) is 9.59 Å². The molecule has 2 saturated carbocycles. The highest BCUT2D eigenvalue weighted by Gasteiger charge is 2.47. The van der Waals surface area contributed by atoms with Gasteiger partial charge < -0.3 is 4.74 Å². The molecule has 3 aliphatic rings. The number of ketones is 1. The van der Waals surface area contributed by atoms with Crippen LogP contribution in [0.25, 0.3) is 0 Å². The first-order valence-electron chi connectivity index (χ1n) is 8.91. The van der Waals surface area contributed by atoms with Crippen LogP contribution in [0.15, 0.2) is 0 Å². The van der Waals surface area contributed by atoms with Gasteiger partial charge in [-0.2, -0.15) is 0 Å². The van der Waals surface area contributed by atoms with Crippen molar-refractivity contribution in [3.63, 3.8) is 0 Å². The summed E-state index contributed by atoms with van der Waals surface area (Å²) in [5, 5.41) is 0. The minimum absolute atomic E-state index is 0.00208. The molecule has 0 spiro atoms. The third-order valence-corrected chi connectivity index (χ3v) is 5.95. The van der Waals surface area contributed by atoms with Crippen LogP contribution in [-0.2, 0) is 14.3 Å². The highest BCUT2D eigenvalue weighted by atomic mass is 16.6. The average Bonchev–Trinajstić information content (AvgIpc) is 3.00. The van der Waals surface area contributed by atoms with Crippen molar-refractivity contribution in [2.75, 3.05) is 0 Å². The smallest absolute Gasteiger partial charge is 0.313 e. The van der Waals surface area contributed by atoms with E-state index in [2.05, 4.69) is 0 Å². The van der Waals surface area contributed by atoms with E-state index in [4.69, 9.17) is 4.74 Å². The number of esters is 1. The zero-order valence-electron chi connectivity index (χ0n) is 13.1. The van der Waals surface area contributed by atoms with Crippen LogP contribution in [-0.4, -0.2) is 17.4 Å². The molecule has 0 aromatic rings. The molecule has 3 nitrogen and oxygen atoms in total. The van der Waals surface area contributed by atoms with Crippen molar-refractivity contribution >= 4 is 11.8 Å². The summed E-state index contributed by atoms with van der Waals surface area (Å²) in [6, 6.07) is 0. The fourth-order valence-electron chi connectivity index (χ4n) is 4.80. The molecule has 1 heterocycles.